The highest BCUT2D eigenvalue weighted by atomic mass is 32.1. The molecule has 1 aliphatic rings. The molecular formula is C24H29N3OS. The van der Waals surface area contributed by atoms with Crippen molar-refractivity contribution in [3.8, 4) is 0 Å². The van der Waals surface area contributed by atoms with Crippen LogP contribution >= 0.6 is 11.3 Å². The van der Waals surface area contributed by atoms with E-state index in [4.69, 9.17) is 4.98 Å². The summed E-state index contributed by atoms with van der Waals surface area (Å²) in [6.07, 6.45) is 0. The van der Waals surface area contributed by atoms with E-state index in [1.807, 2.05) is 17.0 Å². The number of carbonyl (C=O) groups excluding carboxylic acids is 1. The maximum absolute atomic E-state index is 12.9. The third-order valence-electron chi connectivity index (χ3n) is 5.77. The van der Waals surface area contributed by atoms with Gasteiger partial charge in [-0.25, -0.2) is 4.98 Å². The van der Waals surface area contributed by atoms with E-state index in [0.717, 1.165) is 42.4 Å². The van der Waals surface area contributed by atoms with E-state index in [0.29, 0.717) is 0 Å². The monoisotopic (exact) mass is 407 g/mol. The number of anilines is 1. The van der Waals surface area contributed by atoms with Crippen LogP contribution in [0.3, 0.4) is 0 Å². The Morgan fingerprint density at radius 2 is 1.55 bits per heavy atom. The SMILES string of the molecule is Cc1ccc(C)c2sc(N3CCN(C(=O)c4ccc(C(C)(C)C)cc4)CC3)nc12. The number of nitrogens with zero attached hydrogens (tertiary/aromatic N) is 3. The maximum atomic E-state index is 12.9. The fourth-order valence-corrected chi connectivity index (χ4v) is 4.94. The Kier molecular flexibility index (Phi) is 5.11. The van der Waals surface area contributed by atoms with Crippen LogP contribution in [-0.2, 0) is 5.41 Å². The summed E-state index contributed by atoms with van der Waals surface area (Å²) in [5, 5.41) is 1.07. The molecule has 3 aromatic rings. The van der Waals surface area contributed by atoms with Gasteiger partial charge in [0.15, 0.2) is 5.13 Å². The number of hydrogen-bond acceptors (Lipinski definition) is 4. The summed E-state index contributed by atoms with van der Waals surface area (Å²) in [4.78, 5) is 22.1. The van der Waals surface area contributed by atoms with E-state index in [-0.39, 0.29) is 11.3 Å². The molecule has 1 aromatic heterocycles. The lowest BCUT2D eigenvalue weighted by Crippen LogP contribution is -2.48. The molecule has 1 fully saturated rings. The van der Waals surface area contributed by atoms with Gasteiger partial charge in [-0.05, 0) is 48.1 Å². The average molecular weight is 408 g/mol. The molecule has 0 atom stereocenters. The van der Waals surface area contributed by atoms with Gasteiger partial charge in [-0.3, -0.25) is 4.79 Å². The summed E-state index contributed by atoms with van der Waals surface area (Å²) in [6, 6.07) is 12.4. The Hall–Kier alpha value is -2.40. The van der Waals surface area contributed by atoms with Crippen molar-refractivity contribution in [2.75, 3.05) is 31.1 Å². The number of amides is 1. The minimum atomic E-state index is 0.0984. The van der Waals surface area contributed by atoms with Gasteiger partial charge in [-0.15, -0.1) is 0 Å². The first-order valence-corrected chi connectivity index (χ1v) is 11.1. The summed E-state index contributed by atoms with van der Waals surface area (Å²) in [5.74, 6) is 0.126. The predicted molar refractivity (Wildman–Crippen MR) is 122 cm³/mol. The van der Waals surface area contributed by atoms with Crippen LogP contribution in [0.2, 0.25) is 0 Å². The smallest absolute Gasteiger partial charge is 0.253 e. The second-order valence-electron chi connectivity index (χ2n) is 8.98. The van der Waals surface area contributed by atoms with Gasteiger partial charge in [0.05, 0.1) is 10.2 Å². The van der Waals surface area contributed by atoms with Crippen LogP contribution in [0, 0.1) is 13.8 Å². The zero-order valence-corrected chi connectivity index (χ0v) is 18.8. The fourth-order valence-electron chi connectivity index (χ4n) is 3.78. The van der Waals surface area contributed by atoms with E-state index >= 15 is 0 Å². The van der Waals surface area contributed by atoms with Gasteiger partial charge < -0.3 is 9.80 Å². The topological polar surface area (TPSA) is 36.4 Å². The lowest BCUT2D eigenvalue weighted by molar-refractivity contribution is 0.0746. The second-order valence-corrected chi connectivity index (χ2v) is 9.96. The molecule has 0 saturated carbocycles. The molecule has 0 unspecified atom stereocenters. The van der Waals surface area contributed by atoms with E-state index < -0.39 is 0 Å². The minimum absolute atomic E-state index is 0.0984. The third kappa shape index (κ3) is 3.88. The molecule has 4 nitrogen and oxygen atoms in total. The Morgan fingerprint density at radius 1 is 0.931 bits per heavy atom. The van der Waals surface area contributed by atoms with Crippen molar-refractivity contribution in [3.05, 3.63) is 58.7 Å². The number of benzene rings is 2. The number of piperazine rings is 1. The third-order valence-corrected chi connectivity index (χ3v) is 7.02. The molecule has 5 heteroatoms. The summed E-state index contributed by atoms with van der Waals surface area (Å²) in [7, 11) is 0. The van der Waals surface area contributed by atoms with Gasteiger partial charge in [0.25, 0.3) is 5.91 Å². The zero-order chi connectivity index (χ0) is 20.8. The van der Waals surface area contributed by atoms with Crippen LogP contribution in [0.25, 0.3) is 10.2 Å². The van der Waals surface area contributed by atoms with Crippen LogP contribution in [0.5, 0.6) is 0 Å². The molecule has 4 rings (SSSR count). The fraction of sp³-hybridized carbons (Fsp3) is 0.417. The van der Waals surface area contributed by atoms with Crippen molar-refractivity contribution >= 4 is 32.6 Å². The summed E-state index contributed by atoms with van der Waals surface area (Å²) >= 11 is 1.77. The molecule has 0 spiro atoms. The maximum Gasteiger partial charge on any atom is 0.253 e. The first-order valence-electron chi connectivity index (χ1n) is 10.3. The number of thiazole rings is 1. The van der Waals surface area contributed by atoms with Crippen molar-refractivity contribution in [2.45, 2.75) is 40.0 Å². The van der Waals surface area contributed by atoms with Crippen molar-refractivity contribution in [1.29, 1.82) is 0 Å². The van der Waals surface area contributed by atoms with Gasteiger partial charge in [0, 0.05) is 31.7 Å². The first kappa shape index (κ1) is 19.9. The molecule has 29 heavy (non-hydrogen) atoms. The molecule has 2 aromatic carbocycles. The Balaban J connectivity index is 1.45. The van der Waals surface area contributed by atoms with Crippen LogP contribution in [0.1, 0.15) is 47.8 Å². The number of rotatable bonds is 2. The molecule has 2 heterocycles. The van der Waals surface area contributed by atoms with E-state index in [9.17, 15) is 4.79 Å². The van der Waals surface area contributed by atoms with E-state index in [1.165, 1.54) is 21.4 Å². The molecule has 0 radical (unpaired) electrons. The van der Waals surface area contributed by atoms with Gasteiger partial charge >= 0.3 is 0 Å². The quantitative estimate of drug-likeness (QED) is 0.588. The molecule has 1 amide bonds. The van der Waals surface area contributed by atoms with Crippen LogP contribution < -0.4 is 4.90 Å². The van der Waals surface area contributed by atoms with Crippen molar-refractivity contribution in [3.63, 3.8) is 0 Å². The lowest BCUT2D eigenvalue weighted by atomic mass is 9.86. The van der Waals surface area contributed by atoms with Crippen LogP contribution in [0.15, 0.2) is 36.4 Å². The predicted octanol–water partition coefficient (Wildman–Crippen LogP) is 5.17. The number of carbonyl (C=O) groups is 1. The van der Waals surface area contributed by atoms with E-state index in [2.05, 4.69) is 63.8 Å². The summed E-state index contributed by atoms with van der Waals surface area (Å²) < 4.78 is 1.28. The van der Waals surface area contributed by atoms with Crippen molar-refractivity contribution in [2.24, 2.45) is 0 Å². The van der Waals surface area contributed by atoms with Crippen molar-refractivity contribution in [1.82, 2.24) is 9.88 Å². The molecule has 1 saturated heterocycles. The average Bonchev–Trinajstić information content (AvgIpc) is 3.17. The highest BCUT2D eigenvalue weighted by molar-refractivity contribution is 7.22. The molecule has 152 valence electrons. The first-order chi connectivity index (χ1) is 13.7. The minimum Gasteiger partial charge on any atom is -0.345 e. The largest absolute Gasteiger partial charge is 0.345 e. The molecule has 1 aliphatic heterocycles. The number of aromatic nitrogens is 1. The van der Waals surface area contributed by atoms with Gasteiger partial charge in [0.2, 0.25) is 0 Å². The highest BCUT2D eigenvalue weighted by Gasteiger charge is 2.25. The Bertz CT molecular complexity index is 999. The van der Waals surface area contributed by atoms with Crippen molar-refractivity contribution < 1.29 is 4.79 Å². The Labute approximate surface area is 177 Å². The van der Waals surface area contributed by atoms with Gasteiger partial charge in [0.1, 0.15) is 0 Å². The summed E-state index contributed by atoms with van der Waals surface area (Å²) in [6.45, 7) is 13.9. The summed E-state index contributed by atoms with van der Waals surface area (Å²) in [5.41, 5.74) is 5.74. The lowest BCUT2D eigenvalue weighted by Gasteiger charge is -2.34. The molecule has 0 bridgehead atoms. The zero-order valence-electron chi connectivity index (χ0n) is 18.0. The number of aryl methyl sites for hydroxylation is 2. The molecule has 0 N–H and O–H groups in total. The van der Waals surface area contributed by atoms with Crippen LogP contribution in [-0.4, -0.2) is 42.0 Å². The van der Waals surface area contributed by atoms with Gasteiger partial charge in [-0.2, -0.15) is 0 Å². The van der Waals surface area contributed by atoms with Gasteiger partial charge in [-0.1, -0.05) is 56.4 Å². The Morgan fingerprint density at radius 3 is 2.14 bits per heavy atom. The number of fused-ring (bicyclic) bond motifs is 1. The molecule has 0 aliphatic carbocycles. The van der Waals surface area contributed by atoms with Crippen LogP contribution in [0.4, 0.5) is 5.13 Å². The normalized spacial score (nSPS) is 15.2. The second kappa shape index (κ2) is 7.45. The number of hydrogen-bond donors (Lipinski definition) is 0. The van der Waals surface area contributed by atoms with E-state index in [1.54, 1.807) is 11.3 Å². The molecular weight excluding hydrogens is 378 g/mol. The highest BCUT2D eigenvalue weighted by Crippen LogP contribution is 2.33. The standard InChI is InChI=1S/C24H29N3OS/c1-16-6-7-17(2)21-20(16)25-23(29-21)27-14-12-26(13-15-27)22(28)18-8-10-19(11-9-18)24(3,4)5/h6-11H,12-15H2,1-5H3.